The molecule has 0 bridgehead atoms. The Bertz CT molecular complexity index is 1780. The molecule has 1 aliphatic carbocycles. The van der Waals surface area contributed by atoms with E-state index in [2.05, 4.69) is 21.0 Å². The van der Waals surface area contributed by atoms with Crippen molar-refractivity contribution in [2.75, 3.05) is 19.0 Å². The highest BCUT2D eigenvalue weighted by atomic mass is 19.4. The summed E-state index contributed by atoms with van der Waals surface area (Å²) in [6.45, 7) is 5.86. The number of nitrogens with one attached hydrogen (secondary N) is 3. The molecule has 9 nitrogen and oxygen atoms in total. The van der Waals surface area contributed by atoms with Gasteiger partial charge in [-0.3, -0.25) is 4.79 Å². The van der Waals surface area contributed by atoms with Gasteiger partial charge in [0, 0.05) is 12.6 Å². The molecule has 0 saturated heterocycles. The monoisotopic (exact) mass is 667 g/mol. The van der Waals surface area contributed by atoms with Crippen LogP contribution < -0.4 is 20.7 Å². The standard InChI is InChI=1S/C35H37F4N5O4/c1-34(2,3)48-33(46)41-20-22-7-5-9-25(15-22)44-29(18-30(43-44)35(37,38)39)32(45)42-28-17-24(13-14-27(28)36)31(40-19-21-11-12-21)23-8-6-10-26(16-23)47-4/h5-10,13-18,21,31,40H,11-12,19-20H2,1-4H3,(H,41,46)(H,42,45). The van der Waals surface area contributed by atoms with Crippen LogP contribution in [-0.2, 0) is 17.5 Å². The highest BCUT2D eigenvalue weighted by Gasteiger charge is 2.36. The Morgan fingerprint density at radius 3 is 2.40 bits per heavy atom. The van der Waals surface area contributed by atoms with Crippen molar-refractivity contribution in [2.45, 2.75) is 58.0 Å². The average Bonchev–Trinajstić information content (AvgIpc) is 3.74. The Morgan fingerprint density at radius 1 is 0.979 bits per heavy atom. The fourth-order valence-electron chi connectivity index (χ4n) is 5.03. The van der Waals surface area contributed by atoms with Crippen LogP contribution in [0, 0.1) is 11.7 Å². The topological polar surface area (TPSA) is 107 Å². The Balaban J connectivity index is 1.43. The van der Waals surface area contributed by atoms with E-state index < -0.39 is 41.0 Å². The van der Waals surface area contributed by atoms with Gasteiger partial charge >= 0.3 is 12.3 Å². The van der Waals surface area contributed by atoms with Crippen LogP contribution in [0.3, 0.4) is 0 Å². The second-order valence-electron chi connectivity index (χ2n) is 12.6. The van der Waals surface area contributed by atoms with Crippen molar-refractivity contribution in [1.29, 1.82) is 0 Å². The molecule has 3 N–H and O–H groups in total. The molecule has 4 aromatic rings. The second-order valence-corrected chi connectivity index (χ2v) is 12.6. The first-order chi connectivity index (χ1) is 22.7. The minimum absolute atomic E-state index is 0.00107. The third-order valence-electron chi connectivity index (χ3n) is 7.53. The zero-order valence-corrected chi connectivity index (χ0v) is 27.0. The minimum atomic E-state index is -4.86. The van der Waals surface area contributed by atoms with Crippen molar-refractivity contribution in [3.05, 3.63) is 107 Å². The molecule has 3 aromatic carbocycles. The molecule has 1 aromatic heterocycles. The molecular formula is C35H37F4N5O4. The van der Waals surface area contributed by atoms with Gasteiger partial charge in [-0.25, -0.2) is 13.9 Å². The lowest BCUT2D eigenvalue weighted by atomic mass is 9.97. The molecule has 1 aliphatic rings. The predicted octanol–water partition coefficient (Wildman–Crippen LogP) is 7.40. The molecule has 0 radical (unpaired) electrons. The number of hydrogen-bond donors (Lipinski definition) is 3. The number of aromatic nitrogens is 2. The van der Waals surface area contributed by atoms with Gasteiger partial charge in [0.25, 0.3) is 5.91 Å². The van der Waals surface area contributed by atoms with Crippen molar-refractivity contribution in [1.82, 2.24) is 20.4 Å². The van der Waals surface area contributed by atoms with Gasteiger partial charge < -0.3 is 25.4 Å². The van der Waals surface area contributed by atoms with Gasteiger partial charge in [-0.15, -0.1) is 0 Å². The van der Waals surface area contributed by atoms with Crippen molar-refractivity contribution in [3.8, 4) is 11.4 Å². The molecule has 1 heterocycles. The summed E-state index contributed by atoms with van der Waals surface area (Å²) in [4.78, 5) is 25.7. The van der Waals surface area contributed by atoms with E-state index >= 15 is 4.39 Å². The normalized spacial score (nSPS) is 13.9. The highest BCUT2D eigenvalue weighted by molar-refractivity contribution is 6.03. The first-order valence-corrected chi connectivity index (χ1v) is 15.4. The number of carbonyl (C=O) groups excluding carboxylic acids is 2. The van der Waals surface area contributed by atoms with Gasteiger partial charge in [-0.05, 0) is 99.2 Å². The number of anilines is 1. The molecule has 0 spiro atoms. The summed E-state index contributed by atoms with van der Waals surface area (Å²) in [5.74, 6) is -0.599. The SMILES string of the molecule is COc1cccc(C(NCC2CC2)c2ccc(F)c(NC(=O)c3cc(C(F)(F)F)nn3-c3cccc(CNC(=O)OC(C)(C)C)c3)c2)c1. The molecule has 13 heteroatoms. The van der Waals surface area contributed by atoms with Crippen LogP contribution in [0.1, 0.15) is 72.5 Å². The van der Waals surface area contributed by atoms with Gasteiger partial charge in [0.2, 0.25) is 0 Å². The Hall–Kier alpha value is -4.91. The summed E-state index contributed by atoms with van der Waals surface area (Å²) in [7, 11) is 1.56. The van der Waals surface area contributed by atoms with Gasteiger partial charge in [0.05, 0.1) is 24.5 Å². The summed E-state index contributed by atoms with van der Waals surface area (Å²) in [5, 5.41) is 12.2. The number of benzene rings is 3. The molecule has 48 heavy (non-hydrogen) atoms. The molecule has 1 fully saturated rings. The van der Waals surface area contributed by atoms with Crippen LogP contribution in [0.5, 0.6) is 5.75 Å². The van der Waals surface area contributed by atoms with Crippen LogP contribution in [0.2, 0.25) is 0 Å². The van der Waals surface area contributed by atoms with Crippen LogP contribution >= 0.6 is 0 Å². The quantitative estimate of drug-likeness (QED) is 0.144. The van der Waals surface area contributed by atoms with Gasteiger partial charge in [-0.2, -0.15) is 18.3 Å². The van der Waals surface area contributed by atoms with E-state index in [4.69, 9.17) is 9.47 Å². The lowest BCUT2D eigenvalue weighted by Gasteiger charge is -2.21. The van der Waals surface area contributed by atoms with Crippen LogP contribution in [0.15, 0.2) is 72.8 Å². The fourth-order valence-corrected chi connectivity index (χ4v) is 5.03. The van der Waals surface area contributed by atoms with Crippen LogP contribution in [0.25, 0.3) is 5.69 Å². The van der Waals surface area contributed by atoms with E-state index in [1.165, 1.54) is 24.3 Å². The Labute approximate surface area is 275 Å². The van der Waals surface area contributed by atoms with Gasteiger partial charge in [0.15, 0.2) is 5.69 Å². The molecule has 254 valence electrons. The Morgan fingerprint density at radius 2 is 1.71 bits per heavy atom. The van der Waals surface area contributed by atoms with Crippen molar-refractivity contribution < 1.29 is 36.6 Å². The summed E-state index contributed by atoms with van der Waals surface area (Å²) in [6, 6.07) is 18.1. The largest absolute Gasteiger partial charge is 0.497 e. The number of ether oxygens (including phenoxy) is 2. The van der Waals surface area contributed by atoms with Crippen LogP contribution in [-0.4, -0.2) is 41.0 Å². The molecule has 1 unspecified atom stereocenters. The maximum atomic E-state index is 15.2. The summed E-state index contributed by atoms with van der Waals surface area (Å²) < 4.78 is 68.1. The van der Waals surface area contributed by atoms with Crippen molar-refractivity contribution in [2.24, 2.45) is 5.92 Å². The number of nitrogens with zero attached hydrogens (tertiary/aromatic N) is 2. The van der Waals surface area contributed by atoms with E-state index in [0.29, 0.717) is 28.9 Å². The number of amides is 2. The lowest BCUT2D eigenvalue weighted by molar-refractivity contribution is -0.141. The number of alkyl carbamates (subject to hydrolysis) is 1. The third-order valence-corrected chi connectivity index (χ3v) is 7.53. The number of hydrogen-bond acceptors (Lipinski definition) is 6. The number of rotatable bonds is 11. The van der Waals surface area contributed by atoms with Gasteiger partial charge in [0.1, 0.15) is 22.9 Å². The summed E-state index contributed by atoms with van der Waals surface area (Å²) >= 11 is 0. The first kappa shape index (κ1) is 34.4. The number of methoxy groups -OCH3 is 1. The highest BCUT2D eigenvalue weighted by Crippen LogP contribution is 2.33. The molecule has 1 atom stereocenters. The van der Waals surface area contributed by atoms with E-state index in [-0.39, 0.29) is 24.0 Å². The van der Waals surface area contributed by atoms with Crippen molar-refractivity contribution in [3.63, 3.8) is 0 Å². The second kappa shape index (κ2) is 14.1. The smallest absolute Gasteiger partial charge is 0.435 e. The number of alkyl halides is 3. The van der Waals surface area contributed by atoms with E-state index in [1.807, 2.05) is 24.3 Å². The molecule has 2 amide bonds. The molecule has 5 rings (SSSR count). The predicted molar refractivity (Wildman–Crippen MR) is 172 cm³/mol. The number of carbonyl (C=O) groups is 2. The van der Waals surface area contributed by atoms with Crippen LogP contribution in [0.4, 0.5) is 28.0 Å². The maximum absolute atomic E-state index is 15.2. The number of halogens is 4. The summed E-state index contributed by atoms with van der Waals surface area (Å²) in [6.07, 6.45) is -3.32. The first-order valence-electron chi connectivity index (χ1n) is 15.4. The average molecular weight is 668 g/mol. The van der Waals surface area contributed by atoms with E-state index in [0.717, 1.165) is 29.6 Å². The minimum Gasteiger partial charge on any atom is -0.497 e. The van der Waals surface area contributed by atoms with E-state index in [1.54, 1.807) is 46.1 Å². The Kier molecular flexibility index (Phi) is 10.1. The summed E-state index contributed by atoms with van der Waals surface area (Å²) in [5.41, 5.74) is -0.592. The van der Waals surface area contributed by atoms with E-state index in [9.17, 15) is 22.8 Å². The fraction of sp³-hybridized carbons (Fsp3) is 0.343. The zero-order chi connectivity index (χ0) is 34.6. The molecule has 0 aliphatic heterocycles. The molecular weight excluding hydrogens is 630 g/mol. The third kappa shape index (κ3) is 8.91. The van der Waals surface area contributed by atoms with Gasteiger partial charge in [-0.1, -0.05) is 30.3 Å². The molecule has 1 saturated carbocycles. The lowest BCUT2D eigenvalue weighted by Crippen LogP contribution is -2.32. The zero-order valence-electron chi connectivity index (χ0n) is 27.0. The van der Waals surface area contributed by atoms with Crippen molar-refractivity contribution >= 4 is 17.7 Å². The maximum Gasteiger partial charge on any atom is 0.435 e.